The number of carbonyl (C=O) groups is 4. The molecule has 0 spiro atoms. The largest absolute Gasteiger partial charge is 0.444 e. The van der Waals surface area contributed by atoms with E-state index in [-0.39, 0.29) is 18.7 Å². The molecule has 0 saturated carbocycles. The number of hydrogen-bond donors (Lipinski definition) is 1. The Balaban J connectivity index is 1.49. The maximum absolute atomic E-state index is 12.2. The zero-order valence-corrected chi connectivity index (χ0v) is 13.2. The van der Waals surface area contributed by atoms with Gasteiger partial charge in [-0.2, -0.15) is 0 Å². The molecule has 1 saturated heterocycles. The molecule has 0 radical (unpaired) electrons. The van der Waals surface area contributed by atoms with Crippen LogP contribution < -0.4 is 5.32 Å². The van der Waals surface area contributed by atoms with Crippen molar-refractivity contribution in [2.75, 3.05) is 26.7 Å². The van der Waals surface area contributed by atoms with Gasteiger partial charge in [-0.25, -0.2) is 4.79 Å². The molecule has 8 nitrogen and oxygen atoms in total. The van der Waals surface area contributed by atoms with E-state index >= 15 is 0 Å². The third-order valence-corrected chi connectivity index (χ3v) is 4.03. The first-order chi connectivity index (χ1) is 11.5. The maximum atomic E-state index is 12.2. The van der Waals surface area contributed by atoms with Crippen molar-refractivity contribution in [2.45, 2.75) is 12.5 Å². The van der Waals surface area contributed by atoms with Gasteiger partial charge in [0.2, 0.25) is 5.91 Å². The summed E-state index contributed by atoms with van der Waals surface area (Å²) < 4.78 is 5.08. The van der Waals surface area contributed by atoms with Crippen molar-refractivity contribution in [2.24, 2.45) is 0 Å². The Bertz CT molecular complexity index is 682. The van der Waals surface area contributed by atoms with Crippen molar-refractivity contribution in [3.8, 4) is 0 Å². The highest BCUT2D eigenvalue weighted by atomic mass is 16.6. The molecule has 3 rings (SSSR count). The summed E-state index contributed by atoms with van der Waals surface area (Å²) in [7, 11) is 1.64. The fourth-order valence-corrected chi connectivity index (χ4v) is 2.75. The quantitative estimate of drug-likeness (QED) is 0.780. The highest BCUT2D eigenvalue weighted by molar-refractivity contribution is 6.22. The molecule has 1 unspecified atom stereocenters. The molecule has 24 heavy (non-hydrogen) atoms. The van der Waals surface area contributed by atoms with Gasteiger partial charge in [0, 0.05) is 20.0 Å². The average molecular weight is 331 g/mol. The molecular formula is C16H17N3O5. The highest BCUT2D eigenvalue weighted by Crippen LogP contribution is 2.21. The molecule has 2 heterocycles. The van der Waals surface area contributed by atoms with E-state index in [4.69, 9.17) is 4.74 Å². The lowest BCUT2D eigenvalue weighted by Gasteiger charge is -2.14. The van der Waals surface area contributed by atoms with E-state index in [1.165, 1.54) is 4.90 Å². The zero-order valence-electron chi connectivity index (χ0n) is 13.2. The van der Waals surface area contributed by atoms with Gasteiger partial charge >= 0.3 is 6.09 Å². The number of hydrogen-bond acceptors (Lipinski definition) is 5. The summed E-state index contributed by atoms with van der Waals surface area (Å²) in [6, 6.07) is 6.48. The summed E-state index contributed by atoms with van der Waals surface area (Å²) in [5.74, 6) is -1.35. The molecule has 1 fully saturated rings. The van der Waals surface area contributed by atoms with Crippen LogP contribution in [0.25, 0.3) is 0 Å². The first-order valence-electron chi connectivity index (χ1n) is 7.61. The van der Waals surface area contributed by atoms with Crippen molar-refractivity contribution in [3.63, 3.8) is 0 Å². The monoisotopic (exact) mass is 331 g/mol. The number of carbonyl (C=O) groups excluding carboxylic acids is 4. The fraction of sp³-hybridized carbons (Fsp3) is 0.375. The fourth-order valence-electron chi connectivity index (χ4n) is 2.75. The van der Waals surface area contributed by atoms with E-state index < -0.39 is 17.7 Å². The summed E-state index contributed by atoms with van der Waals surface area (Å²) >= 11 is 0. The number of nitrogens with zero attached hydrogens (tertiary/aromatic N) is 2. The second-order valence-electron chi connectivity index (χ2n) is 5.77. The van der Waals surface area contributed by atoms with Crippen LogP contribution in [-0.4, -0.2) is 66.4 Å². The lowest BCUT2D eigenvalue weighted by atomic mass is 10.1. The first-order valence-corrected chi connectivity index (χ1v) is 7.61. The number of ether oxygens (including phenoxy) is 1. The van der Waals surface area contributed by atoms with E-state index in [9.17, 15) is 19.2 Å². The predicted octanol–water partition coefficient (Wildman–Crippen LogP) is 0.240. The number of rotatable bonds is 5. The molecule has 0 aliphatic carbocycles. The van der Waals surface area contributed by atoms with Gasteiger partial charge in [-0.15, -0.1) is 0 Å². The van der Waals surface area contributed by atoms with Gasteiger partial charge in [0.25, 0.3) is 11.8 Å². The number of nitrogens with one attached hydrogen (secondary N) is 1. The van der Waals surface area contributed by atoms with Crippen LogP contribution in [0.5, 0.6) is 0 Å². The molecule has 1 atom stereocenters. The topological polar surface area (TPSA) is 96.0 Å². The van der Waals surface area contributed by atoms with Gasteiger partial charge in [-0.05, 0) is 12.1 Å². The normalized spacial score (nSPS) is 19.5. The minimum atomic E-state index is -0.461. The molecule has 0 aromatic heterocycles. The second kappa shape index (κ2) is 6.31. The molecule has 2 aliphatic rings. The van der Waals surface area contributed by atoms with E-state index in [1.807, 2.05) is 0 Å². The van der Waals surface area contributed by atoms with Gasteiger partial charge < -0.3 is 15.0 Å². The van der Waals surface area contributed by atoms with Crippen LogP contribution in [0.2, 0.25) is 0 Å². The van der Waals surface area contributed by atoms with Crippen LogP contribution >= 0.6 is 0 Å². The Morgan fingerprint density at radius 2 is 1.83 bits per heavy atom. The molecule has 4 amide bonds. The third-order valence-electron chi connectivity index (χ3n) is 4.03. The van der Waals surface area contributed by atoms with Crippen LogP contribution in [0.1, 0.15) is 27.1 Å². The molecular weight excluding hydrogens is 314 g/mol. The first kappa shape index (κ1) is 16.0. The Kier molecular flexibility index (Phi) is 4.20. The number of fused-ring (bicyclic) bond motifs is 1. The summed E-state index contributed by atoms with van der Waals surface area (Å²) in [5.41, 5.74) is 0.632. The van der Waals surface area contributed by atoms with E-state index in [1.54, 1.807) is 31.3 Å². The molecule has 126 valence electrons. The van der Waals surface area contributed by atoms with E-state index in [2.05, 4.69) is 5.32 Å². The molecule has 2 aliphatic heterocycles. The summed E-state index contributed by atoms with van der Waals surface area (Å²) in [6.07, 6.45) is -0.163. The Morgan fingerprint density at radius 3 is 2.38 bits per heavy atom. The van der Waals surface area contributed by atoms with Gasteiger partial charge in [-0.1, -0.05) is 12.1 Å². The number of benzene rings is 1. The molecule has 1 N–H and O–H groups in total. The molecule has 0 bridgehead atoms. The number of likely N-dealkylation sites (N-methyl/N-ethyl adjacent to an activating group) is 1. The van der Waals surface area contributed by atoms with Crippen molar-refractivity contribution in [1.82, 2.24) is 15.1 Å². The average Bonchev–Trinajstić information content (AvgIpc) is 3.00. The standard InChI is InChI=1S/C16H17N3O5/c1-18-8-10(24-16(18)23)6-7-17-13(20)9-19-14(21)11-4-2-3-5-12(11)15(19)22/h2-5,10H,6-9H2,1H3,(H,17,20). The third kappa shape index (κ3) is 2.94. The molecule has 1 aromatic carbocycles. The lowest BCUT2D eigenvalue weighted by Crippen LogP contribution is -2.41. The highest BCUT2D eigenvalue weighted by Gasteiger charge is 2.36. The second-order valence-corrected chi connectivity index (χ2v) is 5.77. The summed E-state index contributed by atoms with van der Waals surface area (Å²) in [6.45, 7) is 0.456. The smallest absolute Gasteiger partial charge is 0.409 e. The van der Waals surface area contributed by atoms with E-state index in [0.717, 1.165) is 4.90 Å². The minimum absolute atomic E-state index is 0.262. The summed E-state index contributed by atoms with van der Waals surface area (Å²) in [5, 5.41) is 2.64. The molecule has 1 aromatic rings. The van der Waals surface area contributed by atoms with Crippen molar-refractivity contribution >= 4 is 23.8 Å². The van der Waals surface area contributed by atoms with Gasteiger partial charge in [0.05, 0.1) is 17.7 Å². The van der Waals surface area contributed by atoms with Gasteiger partial charge in [0.15, 0.2) is 0 Å². The van der Waals surface area contributed by atoms with Crippen molar-refractivity contribution < 1.29 is 23.9 Å². The van der Waals surface area contributed by atoms with Crippen molar-refractivity contribution in [3.05, 3.63) is 35.4 Å². The molecule has 8 heteroatoms. The Morgan fingerprint density at radius 1 is 1.21 bits per heavy atom. The number of imide groups is 1. The van der Waals surface area contributed by atoms with Crippen LogP contribution in [0.15, 0.2) is 24.3 Å². The maximum Gasteiger partial charge on any atom is 0.409 e. The van der Waals surface area contributed by atoms with Gasteiger partial charge in [-0.3, -0.25) is 19.3 Å². The van der Waals surface area contributed by atoms with Crippen LogP contribution in [0, 0.1) is 0 Å². The van der Waals surface area contributed by atoms with E-state index in [0.29, 0.717) is 30.6 Å². The predicted molar refractivity (Wildman–Crippen MR) is 82.3 cm³/mol. The van der Waals surface area contributed by atoms with Crippen LogP contribution in [0.3, 0.4) is 0 Å². The Hall–Kier alpha value is -2.90. The lowest BCUT2D eigenvalue weighted by molar-refractivity contribution is -0.121. The minimum Gasteiger partial charge on any atom is -0.444 e. The van der Waals surface area contributed by atoms with Crippen LogP contribution in [-0.2, 0) is 9.53 Å². The zero-order chi connectivity index (χ0) is 17.3. The van der Waals surface area contributed by atoms with Crippen molar-refractivity contribution in [1.29, 1.82) is 0 Å². The van der Waals surface area contributed by atoms with Crippen LogP contribution in [0.4, 0.5) is 4.79 Å². The van der Waals surface area contributed by atoms with Gasteiger partial charge in [0.1, 0.15) is 12.6 Å². The Labute approximate surface area is 138 Å². The SMILES string of the molecule is CN1CC(CCNC(=O)CN2C(=O)c3ccccc3C2=O)OC1=O. The summed E-state index contributed by atoms with van der Waals surface area (Å²) in [4.78, 5) is 49.9. The number of amides is 4. The number of cyclic esters (lactones) is 1.